The zero-order valence-electron chi connectivity index (χ0n) is 12.7. The number of carbonyl (C=O) groups is 1. The van der Waals surface area contributed by atoms with Crippen molar-refractivity contribution >= 4 is 40.4 Å². The molecule has 1 amide bonds. The first-order chi connectivity index (χ1) is 11.0. The fourth-order valence-electron chi connectivity index (χ4n) is 2.46. The minimum absolute atomic E-state index is 0.260. The first-order valence-corrected chi connectivity index (χ1v) is 7.99. The number of anilines is 1. The highest BCUT2D eigenvalue weighted by Gasteiger charge is 2.19. The number of aryl methyl sites for hydroxylation is 2. The maximum Gasteiger partial charge on any atom is 0.274 e. The summed E-state index contributed by atoms with van der Waals surface area (Å²) >= 11 is 12.1. The number of halogens is 2. The average Bonchev–Trinajstić information content (AvgIpc) is 2.88. The lowest BCUT2D eigenvalue weighted by Crippen LogP contribution is -2.16. The van der Waals surface area contributed by atoms with Crippen LogP contribution >= 0.6 is 23.2 Å². The number of fused-ring (bicyclic) bond motifs is 1. The van der Waals surface area contributed by atoms with Gasteiger partial charge < -0.3 is 5.32 Å². The lowest BCUT2D eigenvalue weighted by molar-refractivity contribution is 0.102. The minimum atomic E-state index is -0.260. The Hall–Kier alpha value is -2.04. The zero-order chi connectivity index (χ0) is 16.6. The fourth-order valence-corrected chi connectivity index (χ4v) is 2.80. The number of hydrogen-bond donors (Lipinski definition) is 1. The Morgan fingerprint density at radius 3 is 2.78 bits per heavy atom. The molecule has 1 N–H and O–H groups in total. The topological polar surface area (TPSA) is 46.4 Å². The van der Waals surface area contributed by atoms with Crippen LogP contribution in [0.3, 0.4) is 0 Å². The van der Waals surface area contributed by atoms with Gasteiger partial charge in [0.25, 0.3) is 5.91 Å². The molecule has 4 nitrogen and oxygen atoms in total. The summed E-state index contributed by atoms with van der Waals surface area (Å²) in [6.45, 7) is 3.94. The first kappa shape index (κ1) is 15.8. The van der Waals surface area contributed by atoms with Crippen LogP contribution in [-0.2, 0) is 6.42 Å². The Labute approximate surface area is 144 Å². The largest absolute Gasteiger partial charge is 0.319 e. The molecule has 3 rings (SSSR count). The Morgan fingerprint density at radius 1 is 1.26 bits per heavy atom. The number of carbonyl (C=O) groups excluding carboxylic acids is 1. The van der Waals surface area contributed by atoms with Gasteiger partial charge in [-0.2, -0.15) is 0 Å². The summed E-state index contributed by atoms with van der Waals surface area (Å²) in [6.07, 6.45) is 2.56. The van der Waals surface area contributed by atoms with Crippen LogP contribution in [0.2, 0.25) is 10.0 Å². The quantitative estimate of drug-likeness (QED) is 0.741. The number of amides is 1. The van der Waals surface area contributed by atoms with E-state index in [0.717, 1.165) is 16.9 Å². The van der Waals surface area contributed by atoms with E-state index in [-0.39, 0.29) is 5.91 Å². The predicted molar refractivity (Wildman–Crippen MR) is 93.7 cm³/mol. The second-order valence-electron chi connectivity index (χ2n) is 5.27. The predicted octanol–water partition coefficient (Wildman–Crippen LogP) is 4.76. The van der Waals surface area contributed by atoms with Gasteiger partial charge in [0.1, 0.15) is 11.3 Å². The smallest absolute Gasteiger partial charge is 0.274 e. The number of nitrogens with one attached hydrogen (secondary N) is 1. The Balaban J connectivity index is 2.06. The monoisotopic (exact) mass is 347 g/mol. The van der Waals surface area contributed by atoms with Crippen LogP contribution in [-0.4, -0.2) is 15.3 Å². The maximum absolute atomic E-state index is 12.8. The van der Waals surface area contributed by atoms with E-state index in [1.165, 1.54) is 0 Å². The zero-order valence-corrected chi connectivity index (χ0v) is 14.2. The highest BCUT2D eigenvalue weighted by molar-refractivity contribution is 6.35. The SMILES string of the molecule is CCc1nc2ccc(C)cn2c1C(=O)Nc1cc(Cl)ccc1Cl. The van der Waals surface area contributed by atoms with Gasteiger partial charge in [-0.05, 0) is 43.2 Å². The van der Waals surface area contributed by atoms with Crippen LogP contribution in [0.1, 0.15) is 28.7 Å². The summed E-state index contributed by atoms with van der Waals surface area (Å²) in [5.41, 5.74) is 3.53. The molecule has 3 aromatic rings. The van der Waals surface area contributed by atoms with Gasteiger partial charge in [-0.25, -0.2) is 4.98 Å². The third-order valence-electron chi connectivity index (χ3n) is 3.57. The van der Waals surface area contributed by atoms with Crippen LogP contribution < -0.4 is 5.32 Å². The summed E-state index contributed by atoms with van der Waals surface area (Å²) in [6, 6.07) is 8.82. The van der Waals surface area contributed by atoms with Crippen molar-refractivity contribution in [1.82, 2.24) is 9.38 Å². The van der Waals surface area contributed by atoms with Crippen molar-refractivity contribution in [2.45, 2.75) is 20.3 Å². The molecule has 0 aliphatic heterocycles. The third-order valence-corrected chi connectivity index (χ3v) is 4.13. The molecule has 0 unspecified atom stereocenters. The number of aromatic nitrogens is 2. The molecule has 0 radical (unpaired) electrons. The van der Waals surface area contributed by atoms with E-state index in [2.05, 4.69) is 10.3 Å². The molecule has 23 heavy (non-hydrogen) atoms. The molecule has 0 bridgehead atoms. The summed E-state index contributed by atoms with van der Waals surface area (Å²) in [4.78, 5) is 17.3. The van der Waals surface area contributed by atoms with E-state index >= 15 is 0 Å². The van der Waals surface area contributed by atoms with Gasteiger partial charge in [0.15, 0.2) is 0 Å². The second-order valence-corrected chi connectivity index (χ2v) is 6.12. The van der Waals surface area contributed by atoms with Crippen molar-refractivity contribution < 1.29 is 4.79 Å². The van der Waals surface area contributed by atoms with Gasteiger partial charge in [-0.3, -0.25) is 9.20 Å². The van der Waals surface area contributed by atoms with Crippen molar-refractivity contribution in [3.63, 3.8) is 0 Å². The van der Waals surface area contributed by atoms with E-state index in [9.17, 15) is 4.79 Å². The molecule has 6 heteroatoms. The molecule has 0 spiro atoms. The number of imidazole rings is 1. The molecular weight excluding hydrogens is 333 g/mol. The molecule has 0 saturated heterocycles. The van der Waals surface area contributed by atoms with Gasteiger partial charge in [0.2, 0.25) is 0 Å². The van der Waals surface area contributed by atoms with Gasteiger partial charge in [-0.15, -0.1) is 0 Å². The van der Waals surface area contributed by atoms with Crippen LogP contribution in [0.5, 0.6) is 0 Å². The second kappa shape index (κ2) is 6.22. The van der Waals surface area contributed by atoms with Crippen LogP contribution in [0.15, 0.2) is 36.5 Å². The molecule has 2 aromatic heterocycles. The van der Waals surface area contributed by atoms with E-state index in [4.69, 9.17) is 23.2 Å². The maximum atomic E-state index is 12.8. The van der Waals surface area contributed by atoms with Crippen molar-refractivity contribution in [3.8, 4) is 0 Å². The van der Waals surface area contributed by atoms with Crippen molar-refractivity contribution in [2.75, 3.05) is 5.32 Å². The highest BCUT2D eigenvalue weighted by atomic mass is 35.5. The lowest BCUT2D eigenvalue weighted by atomic mass is 10.2. The molecule has 2 heterocycles. The van der Waals surface area contributed by atoms with Crippen molar-refractivity contribution in [1.29, 1.82) is 0 Å². The van der Waals surface area contributed by atoms with Gasteiger partial charge in [0.05, 0.1) is 16.4 Å². The van der Waals surface area contributed by atoms with Crippen LogP contribution in [0, 0.1) is 6.92 Å². The van der Waals surface area contributed by atoms with E-state index in [1.54, 1.807) is 18.2 Å². The molecule has 0 fully saturated rings. The van der Waals surface area contributed by atoms with Crippen LogP contribution in [0.4, 0.5) is 5.69 Å². The molecule has 1 aromatic carbocycles. The Kier molecular flexibility index (Phi) is 4.28. The minimum Gasteiger partial charge on any atom is -0.319 e. The van der Waals surface area contributed by atoms with Crippen molar-refractivity contribution in [3.05, 3.63) is 63.5 Å². The fraction of sp³-hybridized carbons (Fsp3) is 0.176. The van der Waals surface area contributed by atoms with E-state index < -0.39 is 0 Å². The number of pyridine rings is 1. The molecule has 0 aliphatic carbocycles. The molecule has 0 atom stereocenters. The van der Waals surface area contributed by atoms with E-state index in [1.807, 2.05) is 36.6 Å². The highest BCUT2D eigenvalue weighted by Crippen LogP contribution is 2.26. The van der Waals surface area contributed by atoms with Gasteiger partial charge in [0, 0.05) is 11.2 Å². The van der Waals surface area contributed by atoms with Gasteiger partial charge >= 0.3 is 0 Å². The first-order valence-electron chi connectivity index (χ1n) is 7.23. The Morgan fingerprint density at radius 2 is 2.04 bits per heavy atom. The number of hydrogen-bond acceptors (Lipinski definition) is 2. The average molecular weight is 348 g/mol. The molecule has 0 saturated carbocycles. The van der Waals surface area contributed by atoms with Crippen LogP contribution in [0.25, 0.3) is 5.65 Å². The number of nitrogens with zero attached hydrogens (tertiary/aromatic N) is 2. The number of benzene rings is 1. The van der Waals surface area contributed by atoms with Crippen molar-refractivity contribution in [2.24, 2.45) is 0 Å². The summed E-state index contributed by atoms with van der Waals surface area (Å²) in [5, 5.41) is 3.77. The van der Waals surface area contributed by atoms with Gasteiger partial charge in [-0.1, -0.05) is 36.2 Å². The standard InChI is InChI=1S/C17H15Cl2N3O/c1-3-13-16(22-9-10(2)4-7-15(22)20-13)17(23)21-14-8-11(18)5-6-12(14)19/h4-9H,3H2,1-2H3,(H,21,23). The molecule has 118 valence electrons. The Bertz CT molecular complexity index is 902. The van der Waals surface area contributed by atoms with E-state index in [0.29, 0.717) is 27.8 Å². The molecular formula is C17H15Cl2N3O. The normalized spacial score (nSPS) is 11.0. The summed E-state index contributed by atoms with van der Waals surface area (Å²) in [5.74, 6) is -0.260. The number of rotatable bonds is 3. The third kappa shape index (κ3) is 3.05. The molecule has 0 aliphatic rings. The summed E-state index contributed by atoms with van der Waals surface area (Å²) < 4.78 is 1.81. The summed E-state index contributed by atoms with van der Waals surface area (Å²) in [7, 11) is 0. The lowest BCUT2D eigenvalue weighted by Gasteiger charge is -2.09.